The zero-order valence-corrected chi connectivity index (χ0v) is 15.7. The summed E-state index contributed by atoms with van der Waals surface area (Å²) in [5.74, 6) is 0.941. The Kier molecular flexibility index (Phi) is 7.71. The van der Waals surface area contributed by atoms with Gasteiger partial charge in [0.2, 0.25) is 0 Å². The number of ether oxygens (including phenoxy) is 1. The molecule has 0 amide bonds. The molecule has 0 bridgehead atoms. The van der Waals surface area contributed by atoms with Crippen molar-refractivity contribution in [2.75, 3.05) is 27.2 Å². The molecule has 0 aliphatic carbocycles. The number of nitrogens with one attached hydrogen (secondary N) is 1. The second kappa shape index (κ2) is 9.27. The molecule has 2 rings (SSSR count). The molecule has 24 heavy (non-hydrogen) atoms. The van der Waals surface area contributed by atoms with Gasteiger partial charge < -0.3 is 9.64 Å². The summed E-state index contributed by atoms with van der Waals surface area (Å²) in [6.45, 7) is 7.39. The summed E-state index contributed by atoms with van der Waals surface area (Å²) in [6, 6.07) is 5.49. The summed E-state index contributed by atoms with van der Waals surface area (Å²) in [5, 5.41) is 7.70. The fourth-order valence-corrected chi connectivity index (χ4v) is 2.08. The molecule has 1 heterocycles. The van der Waals surface area contributed by atoms with Crippen molar-refractivity contribution in [3.05, 3.63) is 28.7 Å². The fourth-order valence-electron chi connectivity index (χ4n) is 2.08. The summed E-state index contributed by atoms with van der Waals surface area (Å²) in [7, 11) is 5.68. The zero-order valence-electron chi connectivity index (χ0n) is 15.7. The Hall–Kier alpha value is -2.08. The highest BCUT2D eigenvalue weighted by Crippen LogP contribution is 2.19. The predicted octanol–water partition coefficient (Wildman–Crippen LogP) is 2.93. The van der Waals surface area contributed by atoms with Crippen LogP contribution in [-0.4, -0.2) is 47.1 Å². The van der Waals surface area contributed by atoms with Crippen molar-refractivity contribution in [1.29, 1.82) is 5.41 Å². The first-order chi connectivity index (χ1) is 11.3. The highest BCUT2D eigenvalue weighted by Gasteiger charge is 2.12. The first-order valence-corrected chi connectivity index (χ1v) is 8.38. The Balaban J connectivity index is 0.000000648. The lowest BCUT2D eigenvalue weighted by Crippen LogP contribution is -2.25. The number of imidazole rings is 1. The van der Waals surface area contributed by atoms with Gasteiger partial charge in [-0.2, -0.15) is 0 Å². The molecule has 0 unspecified atom stereocenters. The van der Waals surface area contributed by atoms with Gasteiger partial charge in [0.15, 0.2) is 0 Å². The lowest BCUT2D eigenvalue weighted by atomic mass is 10.3. The Morgan fingerprint density at radius 1 is 1.21 bits per heavy atom. The molecular weight excluding hydrogens is 304 g/mol. The molecule has 6 heteroatoms. The van der Waals surface area contributed by atoms with Gasteiger partial charge in [-0.25, -0.2) is 9.36 Å². The molecule has 0 atom stereocenters. The number of benzene rings is 1. The van der Waals surface area contributed by atoms with Crippen LogP contribution in [-0.2, 0) is 7.05 Å². The minimum atomic E-state index is -0.210. The maximum atomic E-state index is 12.1. The molecule has 1 aromatic heterocycles. The average molecular weight is 334 g/mol. The molecule has 1 N–H and O–H groups in total. The van der Waals surface area contributed by atoms with Gasteiger partial charge in [-0.3, -0.25) is 9.98 Å². The normalized spacial score (nSPS) is 10.6. The Morgan fingerprint density at radius 3 is 2.33 bits per heavy atom. The van der Waals surface area contributed by atoms with E-state index in [0.29, 0.717) is 6.61 Å². The highest BCUT2D eigenvalue weighted by atomic mass is 16.5. The van der Waals surface area contributed by atoms with Crippen molar-refractivity contribution in [2.45, 2.75) is 33.6 Å². The fraction of sp³-hybridized carbons (Fsp3) is 0.556. The van der Waals surface area contributed by atoms with Crippen LogP contribution < -0.4 is 10.4 Å². The largest absolute Gasteiger partial charge is 0.492 e. The standard InChI is InChI=1S/C14H20N4O2.C4H10/c1-10(15)18-12-6-5-11(20-8-7-16(2)3)9-13(12)17(4)14(18)19;1-3-4-2/h5-6,9,15H,7-8H2,1-4H3;3-4H2,1-2H3. The van der Waals surface area contributed by atoms with E-state index in [1.807, 2.05) is 37.2 Å². The van der Waals surface area contributed by atoms with E-state index in [1.165, 1.54) is 22.0 Å². The number of fused-ring (bicyclic) bond motifs is 1. The summed E-state index contributed by atoms with van der Waals surface area (Å²) >= 11 is 0. The molecule has 0 aliphatic heterocycles. The van der Waals surface area contributed by atoms with Gasteiger partial charge in [-0.15, -0.1) is 0 Å². The monoisotopic (exact) mass is 334 g/mol. The average Bonchev–Trinajstić information content (AvgIpc) is 2.79. The van der Waals surface area contributed by atoms with Crippen LogP contribution in [0.3, 0.4) is 0 Å². The first kappa shape index (κ1) is 20.0. The van der Waals surface area contributed by atoms with Crippen LogP contribution in [0, 0.1) is 5.41 Å². The molecule has 2 aromatic rings. The Labute approximate surface area is 144 Å². The van der Waals surface area contributed by atoms with Gasteiger partial charge in [0, 0.05) is 19.7 Å². The van der Waals surface area contributed by atoms with E-state index in [1.54, 1.807) is 14.0 Å². The molecule has 1 aromatic carbocycles. The molecule has 0 saturated carbocycles. The SMILES string of the molecule is CC(=N)n1c(=O)n(C)c2cc(OCCN(C)C)ccc21.CCCC. The second-order valence-corrected chi connectivity index (χ2v) is 6.06. The summed E-state index contributed by atoms with van der Waals surface area (Å²) in [6.07, 6.45) is 2.64. The van der Waals surface area contributed by atoms with E-state index in [0.717, 1.165) is 23.3 Å². The minimum Gasteiger partial charge on any atom is -0.492 e. The minimum absolute atomic E-state index is 0.210. The van der Waals surface area contributed by atoms with Crippen molar-refractivity contribution < 1.29 is 4.74 Å². The van der Waals surface area contributed by atoms with Crippen LogP contribution in [0.15, 0.2) is 23.0 Å². The van der Waals surface area contributed by atoms with Crippen LogP contribution in [0.2, 0.25) is 0 Å². The molecular formula is C18H30N4O2. The van der Waals surface area contributed by atoms with Crippen LogP contribution in [0.1, 0.15) is 33.6 Å². The third kappa shape index (κ3) is 4.96. The third-order valence-electron chi connectivity index (χ3n) is 3.67. The number of aryl methyl sites for hydroxylation is 1. The lowest BCUT2D eigenvalue weighted by molar-refractivity contribution is 0.261. The number of aromatic nitrogens is 2. The first-order valence-electron chi connectivity index (χ1n) is 8.38. The molecule has 0 spiro atoms. The number of rotatable bonds is 5. The Bertz CT molecular complexity index is 726. The number of unbranched alkanes of at least 4 members (excludes halogenated alkanes) is 1. The van der Waals surface area contributed by atoms with E-state index >= 15 is 0 Å². The smallest absolute Gasteiger partial charge is 0.334 e. The van der Waals surface area contributed by atoms with Gasteiger partial charge in [0.05, 0.1) is 11.0 Å². The Morgan fingerprint density at radius 2 is 1.83 bits per heavy atom. The molecule has 134 valence electrons. The summed E-state index contributed by atoms with van der Waals surface area (Å²) in [4.78, 5) is 14.1. The molecule has 0 aliphatic rings. The van der Waals surface area contributed by atoms with E-state index in [4.69, 9.17) is 10.1 Å². The number of likely N-dealkylation sites (N-methyl/N-ethyl adjacent to an activating group) is 1. The number of hydrogen-bond donors (Lipinski definition) is 1. The topological polar surface area (TPSA) is 63.3 Å². The van der Waals surface area contributed by atoms with Crippen LogP contribution in [0.5, 0.6) is 5.75 Å². The van der Waals surface area contributed by atoms with Crippen molar-refractivity contribution in [3.8, 4) is 5.75 Å². The van der Waals surface area contributed by atoms with Gasteiger partial charge >= 0.3 is 5.69 Å². The zero-order chi connectivity index (χ0) is 18.3. The van der Waals surface area contributed by atoms with Gasteiger partial charge in [-0.05, 0) is 33.2 Å². The van der Waals surface area contributed by atoms with E-state index in [2.05, 4.69) is 13.8 Å². The molecule has 6 nitrogen and oxygen atoms in total. The molecule has 0 saturated heterocycles. The maximum Gasteiger partial charge on any atom is 0.334 e. The van der Waals surface area contributed by atoms with Gasteiger partial charge in [0.1, 0.15) is 18.2 Å². The van der Waals surface area contributed by atoms with Gasteiger partial charge in [0.25, 0.3) is 0 Å². The molecule has 0 radical (unpaired) electrons. The predicted molar refractivity (Wildman–Crippen MR) is 101 cm³/mol. The summed E-state index contributed by atoms with van der Waals surface area (Å²) < 4.78 is 8.59. The number of hydrogen-bond acceptors (Lipinski definition) is 4. The number of nitrogens with zero attached hydrogens (tertiary/aromatic N) is 3. The highest BCUT2D eigenvalue weighted by molar-refractivity contribution is 5.91. The third-order valence-corrected chi connectivity index (χ3v) is 3.67. The van der Waals surface area contributed by atoms with E-state index < -0.39 is 0 Å². The van der Waals surface area contributed by atoms with Crippen LogP contribution in [0.25, 0.3) is 11.0 Å². The van der Waals surface area contributed by atoms with Crippen molar-refractivity contribution in [3.63, 3.8) is 0 Å². The van der Waals surface area contributed by atoms with E-state index in [9.17, 15) is 4.79 Å². The summed E-state index contributed by atoms with van der Waals surface area (Å²) in [5.41, 5.74) is 1.28. The second-order valence-electron chi connectivity index (χ2n) is 6.06. The van der Waals surface area contributed by atoms with Crippen molar-refractivity contribution in [1.82, 2.24) is 14.0 Å². The molecule has 0 fully saturated rings. The van der Waals surface area contributed by atoms with Crippen molar-refractivity contribution in [2.24, 2.45) is 7.05 Å². The van der Waals surface area contributed by atoms with Crippen molar-refractivity contribution >= 4 is 16.9 Å². The quantitative estimate of drug-likeness (QED) is 0.675. The van der Waals surface area contributed by atoms with Crippen LogP contribution >= 0.6 is 0 Å². The van der Waals surface area contributed by atoms with E-state index in [-0.39, 0.29) is 11.5 Å². The lowest BCUT2D eigenvalue weighted by Gasteiger charge is -2.11. The van der Waals surface area contributed by atoms with Gasteiger partial charge in [-0.1, -0.05) is 26.7 Å². The maximum absolute atomic E-state index is 12.1. The van der Waals surface area contributed by atoms with Crippen LogP contribution in [0.4, 0.5) is 0 Å².